The van der Waals surface area contributed by atoms with Crippen LogP contribution < -0.4 is 0 Å². The van der Waals surface area contributed by atoms with Crippen molar-refractivity contribution < 1.29 is 14.7 Å². The van der Waals surface area contributed by atoms with Crippen molar-refractivity contribution >= 4 is 24.0 Å². The molecule has 1 N–H and O–H groups in total. The van der Waals surface area contributed by atoms with Crippen molar-refractivity contribution in [3.8, 4) is 0 Å². The Morgan fingerprint density at radius 2 is 2.37 bits per heavy atom. The lowest BCUT2D eigenvalue weighted by atomic mass is 9.92. The number of amides is 1. The summed E-state index contributed by atoms with van der Waals surface area (Å²) in [5.41, 5.74) is 0.749. The van der Waals surface area contributed by atoms with Gasteiger partial charge >= 0.3 is 6.09 Å². The molecule has 4 nitrogen and oxygen atoms in total. The summed E-state index contributed by atoms with van der Waals surface area (Å²) in [6, 6.07) is 7.46. The molecule has 1 aliphatic rings. The van der Waals surface area contributed by atoms with Crippen LogP contribution in [0.15, 0.2) is 24.3 Å². The van der Waals surface area contributed by atoms with E-state index < -0.39 is 6.09 Å². The van der Waals surface area contributed by atoms with E-state index in [9.17, 15) is 9.59 Å². The topological polar surface area (TPSA) is 57.6 Å². The molecule has 0 aliphatic heterocycles. The van der Waals surface area contributed by atoms with Gasteiger partial charge in [-0.2, -0.15) is 0 Å². The zero-order valence-electron chi connectivity index (χ0n) is 10.7. The highest BCUT2D eigenvalue weighted by atomic mass is 35.5. The van der Waals surface area contributed by atoms with Gasteiger partial charge in [0.25, 0.3) is 0 Å². The SMILES string of the molecule is CN(C[C@]1(c2cccc(Cl)c2)C[C@H]1CC=O)C(=O)O. The zero-order valence-corrected chi connectivity index (χ0v) is 11.4. The molecule has 102 valence electrons. The van der Waals surface area contributed by atoms with Gasteiger partial charge in [0.1, 0.15) is 6.29 Å². The van der Waals surface area contributed by atoms with Crippen LogP contribution in [0.25, 0.3) is 0 Å². The van der Waals surface area contributed by atoms with Crippen LogP contribution >= 0.6 is 11.6 Å². The fourth-order valence-corrected chi connectivity index (χ4v) is 2.92. The molecule has 2 atom stereocenters. The van der Waals surface area contributed by atoms with Gasteiger partial charge in [-0.1, -0.05) is 23.7 Å². The number of benzene rings is 1. The maximum absolute atomic E-state index is 11.0. The average molecular weight is 282 g/mol. The number of carbonyl (C=O) groups is 2. The number of rotatable bonds is 5. The van der Waals surface area contributed by atoms with Crippen molar-refractivity contribution in [2.45, 2.75) is 18.3 Å². The van der Waals surface area contributed by atoms with Gasteiger partial charge in [0.05, 0.1) is 0 Å². The first-order chi connectivity index (χ1) is 8.99. The van der Waals surface area contributed by atoms with Gasteiger partial charge in [0, 0.05) is 30.5 Å². The van der Waals surface area contributed by atoms with Gasteiger partial charge in [-0.25, -0.2) is 4.79 Å². The minimum absolute atomic E-state index is 0.199. The molecule has 0 spiro atoms. The maximum Gasteiger partial charge on any atom is 0.407 e. The molecule has 2 rings (SSSR count). The quantitative estimate of drug-likeness (QED) is 0.844. The van der Waals surface area contributed by atoms with E-state index in [0.717, 1.165) is 18.3 Å². The number of hydrogen-bond acceptors (Lipinski definition) is 2. The molecule has 1 aliphatic carbocycles. The van der Waals surface area contributed by atoms with Crippen molar-refractivity contribution in [1.82, 2.24) is 4.90 Å². The van der Waals surface area contributed by atoms with Gasteiger partial charge in [-0.3, -0.25) is 0 Å². The second-order valence-electron chi connectivity index (χ2n) is 5.11. The van der Waals surface area contributed by atoms with Crippen LogP contribution in [0.3, 0.4) is 0 Å². The molecule has 0 aromatic heterocycles. The van der Waals surface area contributed by atoms with Crippen molar-refractivity contribution in [3.63, 3.8) is 0 Å². The summed E-state index contributed by atoms with van der Waals surface area (Å²) < 4.78 is 0. The van der Waals surface area contributed by atoms with E-state index in [1.54, 1.807) is 13.1 Å². The Morgan fingerprint density at radius 3 is 2.95 bits per heavy atom. The largest absolute Gasteiger partial charge is 0.465 e. The molecule has 0 unspecified atom stereocenters. The number of halogens is 1. The van der Waals surface area contributed by atoms with Crippen LogP contribution in [0.4, 0.5) is 4.79 Å². The number of likely N-dealkylation sites (N-methyl/N-ethyl adjacent to an activating group) is 1. The van der Waals surface area contributed by atoms with Crippen LogP contribution in [0, 0.1) is 5.92 Å². The maximum atomic E-state index is 11.0. The number of carbonyl (C=O) groups excluding carboxylic acids is 1. The highest BCUT2D eigenvalue weighted by molar-refractivity contribution is 6.30. The lowest BCUT2D eigenvalue weighted by Crippen LogP contribution is -2.34. The third-order valence-corrected chi connectivity index (χ3v) is 4.09. The van der Waals surface area contributed by atoms with E-state index in [2.05, 4.69) is 0 Å². The number of nitrogens with zero attached hydrogens (tertiary/aromatic N) is 1. The van der Waals surface area contributed by atoms with Crippen LogP contribution in [-0.2, 0) is 10.2 Å². The van der Waals surface area contributed by atoms with Crippen LogP contribution in [-0.4, -0.2) is 36.0 Å². The number of hydrogen-bond donors (Lipinski definition) is 1. The fraction of sp³-hybridized carbons (Fsp3) is 0.429. The minimum Gasteiger partial charge on any atom is -0.465 e. The number of carboxylic acid groups (broad SMARTS) is 1. The van der Waals surface area contributed by atoms with E-state index in [1.807, 2.05) is 18.2 Å². The third kappa shape index (κ3) is 2.73. The van der Waals surface area contributed by atoms with Crippen molar-refractivity contribution in [3.05, 3.63) is 34.9 Å². The van der Waals surface area contributed by atoms with Crippen LogP contribution in [0.1, 0.15) is 18.4 Å². The Kier molecular flexibility index (Phi) is 3.80. The summed E-state index contributed by atoms with van der Waals surface area (Å²) in [4.78, 5) is 23.0. The lowest BCUT2D eigenvalue weighted by molar-refractivity contribution is -0.108. The van der Waals surface area contributed by atoms with E-state index in [4.69, 9.17) is 16.7 Å². The first-order valence-electron chi connectivity index (χ1n) is 6.13. The second-order valence-corrected chi connectivity index (χ2v) is 5.54. The molecule has 1 fully saturated rings. The fourth-order valence-electron chi connectivity index (χ4n) is 2.73. The molecule has 0 heterocycles. The predicted octanol–water partition coefficient (Wildman–Crippen LogP) is 2.80. The average Bonchev–Trinajstić information content (AvgIpc) is 3.04. The van der Waals surface area contributed by atoms with E-state index in [1.165, 1.54) is 4.90 Å². The van der Waals surface area contributed by atoms with E-state index >= 15 is 0 Å². The van der Waals surface area contributed by atoms with Crippen molar-refractivity contribution in [1.29, 1.82) is 0 Å². The Balaban J connectivity index is 2.27. The van der Waals surface area contributed by atoms with Gasteiger partial charge in [0.15, 0.2) is 0 Å². The molecule has 5 heteroatoms. The van der Waals surface area contributed by atoms with Crippen molar-refractivity contribution in [2.75, 3.05) is 13.6 Å². The first-order valence-corrected chi connectivity index (χ1v) is 6.51. The molecule has 1 aromatic rings. The van der Waals surface area contributed by atoms with Crippen molar-refractivity contribution in [2.24, 2.45) is 5.92 Å². The van der Waals surface area contributed by atoms with E-state index in [0.29, 0.717) is 18.0 Å². The smallest absolute Gasteiger partial charge is 0.407 e. The summed E-state index contributed by atoms with van der Waals surface area (Å²) in [5, 5.41) is 9.65. The summed E-state index contributed by atoms with van der Waals surface area (Å²) in [7, 11) is 1.55. The Morgan fingerprint density at radius 1 is 1.63 bits per heavy atom. The van der Waals surface area contributed by atoms with Crippen LogP contribution in [0.2, 0.25) is 5.02 Å². The first kappa shape index (κ1) is 13.9. The molecule has 1 amide bonds. The monoisotopic (exact) mass is 281 g/mol. The molecule has 0 saturated heterocycles. The Hall–Kier alpha value is -1.55. The molecule has 19 heavy (non-hydrogen) atoms. The van der Waals surface area contributed by atoms with Gasteiger partial charge in [-0.05, 0) is 30.0 Å². The predicted molar refractivity (Wildman–Crippen MR) is 72.6 cm³/mol. The molecular weight excluding hydrogens is 266 g/mol. The van der Waals surface area contributed by atoms with Gasteiger partial charge in [-0.15, -0.1) is 0 Å². The highest BCUT2D eigenvalue weighted by Crippen LogP contribution is 2.56. The zero-order chi connectivity index (χ0) is 14.0. The Bertz CT molecular complexity index is 505. The summed E-state index contributed by atoms with van der Waals surface area (Å²) in [6.07, 6.45) is 1.22. The van der Waals surface area contributed by atoms with E-state index in [-0.39, 0.29) is 11.3 Å². The lowest BCUT2D eigenvalue weighted by Gasteiger charge is -2.23. The van der Waals surface area contributed by atoms with Gasteiger partial charge < -0.3 is 14.8 Å². The molecule has 1 saturated carbocycles. The molecule has 1 aromatic carbocycles. The standard InChI is InChI=1S/C14H16ClNO3/c1-16(13(18)19)9-14(8-11(14)5-6-17)10-3-2-4-12(15)7-10/h2-4,6-7,11H,5,8-9H2,1H3,(H,18,19)/t11-,14+/m1/s1. The minimum atomic E-state index is -0.960. The Labute approximate surface area is 117 Å². The normalized spacial score (nSPS) is 24.8. The number of aldehydes is 1. The summed E-state index contributed by atoms with van der Waals surface area (Å²) in [6.45, 7) is 0.390. The van der Waals surface area contributed by atoms with Gasteiger partial charge in [0.2, 0.25) is 0 Å². The molecule has 0 radical (unpaired) electrons. The van der Waals surface area contributed by atoms with Crippen LogP contribution in [0.5, 0.6) is 0 Å². The molecule has 0 bridgehead atoms. The second kappa shape index (κ2) is 5.21. The summed E-state index contributed by atoms with van der Waals surface area (Å²) >= 11 is 6.00. The highest BCUT2D eigenvalue weighted by Gasteiger charge is 2.55. The third-order valence-electron chi connectivity index (χ3n) is 3.86. The summed E-state index contributed by atoms with van der Waals surface area (Å²) in [5.74, 6) is 0.199. The molecular formula is C14H16ClNO3.